The molecule has 2 aromatic carbocycles. The number of nitrogens with one attached hydrogen (secondary N) is 2. The van der Waals surface area contributed by atoms with Gasteiger partial charge in [-0.1, -0.05) is 24.3 Å². The second kappa shape index (κ2) is 6.56. The fraction of sp³-hybridized carbons (Fsp3) is 0.125. The number of carboxylic acids is 1. The number of rotatable bonds is 4. The van der Waals surface area contributed by atoms with E-state index < -0.39 is 5.97 Å². The number of benzene rings is 2. The number of urea groups is 1. The van der Waals surface area contributed by atoms with Crippen LogP contribution in [0.15, 0.2) is 48.5 Å². The first-order valence-corrected chi connectivity index (χ1v) is 6.49. The van der Waals surface area contributed by atoms with Gasteiger partial charge in [0.15, 0.2) is 0 Å². The van der Waals surface area contributed by atoms with Gasteiger partial charge in [0.05, 0.1) is 5.56 Å². The Bertz CT molecular complexity index is 651. The van der Waals surface area contributed by atoms with Crippen molar-refractivity contribution in [2.45, 2.75) is 13.5 Å². The minimum atomic E-state index is -0.995. The summed E-state index contributed by atoms with van der Waals surface area (Å²) in [4.78, 5) is 22.5. The lowest BCUT2D eigenvalue weighted by Gasteiger charge is -2.09. The normalized spacial score (nSPS) is 9.95. The van der Waals surface area contributed by atoms with E-state index in [9.17, 15) is 9.59 Å². The van der Waals surface area contributed by atoms with E-state index in [1.807, 2.05) is 31.2 Å². The van der Waals surface area contributed by atoms with Crippen molar-refractivity contribution in [3.63, 3.8) is 0 Å². The van der Waals surface area contributed by atoms with Gasteiger partial charge in [0, 0.05) is 12.2 Å². The Hall–Kier alpha value is -2.82. The number of carboxylic acid groups (broad SMARTS) is 1. The molecule has 5 nitrogen and oxygen atoms in total. The van der Waals surface area contributed by atoms with Gasteiger partial charge in [-0.3, -0.25) is 0 Å². The number of anilines is 1. The van der Waals surface area contributed by atoms with Crippen molar-refractivity contribution in [3.05, 3.63) is 65.2 Å². The molecule has 108 valence electrons. The molecule has 0 saturated carbocycles. The van der Waals surface area contributed by atoms with Crippen LogP contribution < -0.4 is 10.6 Å². The summed E-state index contributed by atoms with van der Waals surface area (Å²) in [7, 11) is 0. The third-order valence-corrected chi connectivity index (χ3v) is 3.09. The van der Waals surface area contributed by atoms with Gasteiger partial charge in [-0.15, -0.1) is 0 Å². The van der Waals surface area contributed by atoms with Gasteiger partial charge >= 0.3 is 12.0 Å². The Morgan fingerprint density at radius 3 is 2.33 bits per heavy atom. The number of hydrogen-bond acceptors (Lipinski definition) is 2. The van der Waals surface area contributed by atoms with E-state index in [-0.39, 0.29) is 11.6 Å². The van der Waals surface area contributed by atoms with Gasteiger partial charge in [0.2, 0.25) is 0 Å². The van der Waals surface area contributed by atoms with Gasteiger partial charge in [-0.2, -0.15) is 0 Å². The number of hydrogen-bond donors (Lipinski definition) is 3. The zero-order valence-electron chi connectivity index (χ0n) is 11.6. The fourth-order valence-corrected chi connectivity index (χ4v) is 1.86. The molecule has 0 spiro atoms. The van der Waals surface area contributed by atoms with E-state index in [4.69, 9.17) is 5.11 Å². The minimum Gasteiger partial charge on any atom is -0.478 e. The summed E-state index contributed by atoms with van der Waals surface area (Å²) in [6, 6.07) is 13.5. The van der Waals surface area contributed by atoms with E-state index in [1.54, 1.807) is 12.1 Å². The lowest BCUT2D eigenvalue weighted by molar-refractivity contribution is 0.0697. The Balaban J connectivity index is 1.90. The topological polar surface area (TPSA) is 78.4 Å². The zero-order valence-corrected chi connectivity index (χ0v) is 11.6. The number of carbonyl (C=O) groups is 2. The lowest BCUT2D eigenvalue weighted by atomic mass is 10.1. The Morgan fingerprint density at radius 1 is 1.05 bits per heavy atom. The van der Waals surface area contributed by atoms with E-state index in [0.717, 1.165) is 11.1 Å². The van der Waals surface area contributed by atoms with Crippen molar-refractivity contribution >= 4 is 17.7 Å². The highest BCUT2D eigenvalue weighted by molar-refractivity contribution is 5.91. The summed E-state index contributed by atoms with van der Waals surface area (Å²) in [5, 5.41) is 14.2. The van der Waals surface area contributed by atoms with Crippen LogP contribution in [0.3, 0.4) is 0 Å². The van der Waals surface area contributed by atoms with Crippen LogP contribution in [0.2, 0.25) is 0 Å². The van der Waals surface area contributed by atoms with Crippen molar-refractivity contribution in [2.75, 3.05) is 5.32 Å². The maximum absolute atomic E-state index is 11.8. The second-order valence-corrected chi connectivity index (χ2v) is 4.62. The van der Waals surface area contributed by atoms with Crippen LogP contribution in [0.5, 0.6) is 0 Å². The average Bonchev–Trinajstić information content (AvgIpc) is 2.47. The van der Waals surface area contributed by atoms with Crippen LogP contribution >= 0.6 is 0 Å². The Morgan fingerprint density at radius 2 is 1.71 bits per heavy atom. The molecular weight excluding hydrogens is 268 g/mol. The SMILES string of the molecule is Cc1ccccc1CNC(=O)Nc1ccc(C(=O)O)cc1. The first kappa shape index (κ1) is 14.6. The van der Waals surface area contributed by atoms with Crippen LogP contribution in [0.1, 0.15) is 21.5 Å². The summed E-state index contributed by atoms with van der Waals surface area (Å²) >= 11 is 0. The van der Waals surface area contributed by atoms with Crippen molar-refractivity contribution in [2.24, 2.45) is 0 Å². The van der Waals surface area contributed by atoms with Gasteiger partial charge in [-0.25, -0.2) is 9.59 Å². The van der Waals surface area contributed by atoms with E-state index in [1.165, 1.54) is 12.1 Å². The summed E-state index contributed by atoms with van der Waals surface area (Å²) in [5.74, 6) is -0.995. The molecule has 2 amide bonds. The first-order chi connectivity index (χ1) is 10.1. The predicted molar refractivity (Wildman–Crippen MR) is 80.4 cm³/mol. The standard InChI is InChI=1S/C16H16N2O3/c1-11-4-2-3-5-13(11)10-17-16(21)18-14-8-6-12(7-9-14)15(19)20/h2-9H,10H2,1H3,(H,19,20)(H2,17,18,21). The quantitative estimate of drug-likeness (QED) is 0.807. The monoisotopic (exact) mass is 284 g/mol. The van der Waals surface area contributed by atoms with E-state index >= 15 is 0 Å². The zero-order chi connectivity index (χ0) is 15.2. The molecule has 0 bridgehead atoms. The highest BCUT2D eigenvalue weighted by Crippen LogP contribution is 2.10. The highest BCUT2D eigenvalue weighted by Gasteiger charge is 2.05. The summed E-state index contributed by atoms with van der Waals surface area (Å²) in [6.45, 7) is 2.42. The van der Waals surface area contributed by atoms with Gasteiger partial charge in [-0.05, 0) is 42.3 Å². The molecule has 2 aromatic rings. The molecule has 0 aliphatic rings. The van der Waals surface area contributed by atoms with Crippen LogP contribution in [-0.2, 0) is 6.54 Å². The summed E-state index contributed by atoms with van der Waals surface area (Å²) in [6.07, 6.45) is 0. The lowest BCUT2D eigenvalue weighted by Crippen LogP contribution is -2.28. The molecule has 0 unspecified atom stereocenters. The van der Waals surface area contributed by atoms with Crippen molar-refractivity contribution in [1.82, 2.24) is 5.32 Å². The summed E-state index contributed by atoms with van der Waals surface area (Å²) in [5.41, 5.74) is 2.89. The maximum Gasteiger partial charge on any atom is 0.335 e. The molecule has 0 aliphatic carbocycles. The first-order valence-electron chi connectivity index (χ1n) is 6.49. The minimum absolute atomic E-state index is 0.181. The molecule has 3 N–H and O–H groups in total. The molecule has 0 aliphatic heterocycles. The molecule has 21 heavy (non-hydrogen) atoms. The Kier molecular flexibility index (Phi) is 4.56. The molecule has 0 radical (unpaired) electrons. The van der Waals surface area contributed by atoms with Gasteiger partial charge in [0.25, 0.3) is 0 Å². The second-order valence-electron chi connectivity index (χ2n) is 4.62. The maximum atomic E-state index is 11.8. The number of aryl methyl sites for hydroxylation is 1. The van der Waals surface area contributed by atoms with Crippen LogP contribution in [0, 0.1) is 6.92 Å². The van der Waals surface area contributed by atoms with Crippen molar-refractivity contribution < 1.29 is 14.7 Å². The Labute approximate surface area is 122 Å². The summed E-state index contributed by atoms with van der Waals surface area (Å²) < 4.78 is 0. The number of carbonyl (C=O) groups excluding carboxylic acids is 1. The fourth-order valence-electron chi connectivity index (χ4n) is 1.86. The molecule has 2 rings (SSSR count). The molecule has 0 atom stereocenters. The number of amides is 2. The van der Waals surface area contributed by atoms with E-state index in [0.29, 0.717) is 12.2 Å². The smallest absolute Gasteiger partial charge is 0.335 e. The molecule has 0 saturated heterocycles. The van der Waals surface area contributed by atoms with E-state index in [2.05, 4.69) is 10.6 Å². The largest absolute Gasteiger partial charge is 0.478 e. The molecule has 0 heterocycles. The average molecular weight is 284 g/mol. The predicted octanol–water partition coefficient (Wildman–Crippen LogP) is 3.01. The number of aromatic carboxylic acids is 1. The third-order valence-electron chi connectivity index (χ3n) is 3.09. The third kappa shape index (κ3) is 4.07. The van der Waals surface area contributed by atoms with Gasteiger partial charge in [0.1, 0.15) is 0 Å². The van der Waals surface area contributed by atoms with Crippen molar-refractivity contribution in [1.29, 1.82) is 0 Å². The van der Waals surface area contributed by atoms with Crippen LogP contribution in [0.25, 0.3) is 0 Å². The highest BCUT2D eigenvalue weighted by atomic mass is 16.4. The van der Waals surface area contributed by atoms with Crippen LogP contribution in [0.4, 0.5) is 10.5 Å². The van der Waals surface area contributed by atoms with Crippen LogP contribution in [-0.4, -0.2) is 17.1 Å². The van der Waals surface area contributed by atoms with Gasteiger partial charge < -0.3 is 15.7 Å². The molecule has 0 aromatic heterocycles. The van der Waals surface area contributed by atoms with Crippen molar-refractivity contribution in [3.8, 4) is 0 Å². The molecule has 0 fully saturated rings. The molecule has 5 heteroatoms. The molecular formula is C16H16N2O3.